The van der Waals surface area contributed by atoms with Crippen molar-refractivity contribution in [1.82, 2.24) is 9.78 Å². The molecular formula is C13H12FN3O2. The van der Waals surface area contributed by atoms with Crippen molar-refractivity contribution in [2.75, 3.05) is 5.32 Å². The number of hydrogen-bond acceptors (Lipinski definition) is 3. The van der Waals surface area contributed by atoms with Crippen LogP contribution in [0.15, 0.2) is 36.5 Å². The van der Waals surface area contributed by atoms with Crippen LogP contribution in [0, 0.1) is 5.82 Å². The second-order valence-electron chi connectivity index (χ2n) is 4.04. The van der Waals surface area contributed by atoms with Gasteiger partial charge < -0.3 is 5.32 Å². The van der Waals surface area contributed by atoms with Crippen molar-refractivity contribution in [3.05, 3.63) is 47.9 Å². The Morgan fingerprint density at radius 1 is 1.26 bits per heavy atom. The number of benzene rings is 1. The van der Waals surface area contributed by atoms with E-state index in [1.165, 1.54) is 19.1 Å². The van der Waals surface area contributed by atoms with Gasteiger partial charge in [0.2, 0.25) is 5.78 Å². The third-order valence-corrected chi connectivity index (χ3v) is 2.46. The van der Waals surface area contributed by atoms with Gasteiger partial charge in [0.05, 0.1) is 6.54 Å². The summed E-state index contributed by atoms with van der Waals surface area (Å²) in [6.07, 6.45) is 1.67. The largest absolute Gasteiger partial charge is 0.303 e. The molecule has 5 nitrogen and oxygen atoms in total. The minimum atomic E-state index is -0.702. The lowest BCUT2D eigenvalue weighted by Gasteiger charge is -2.02. The van der Waals surface area contributed by atoms with Crippen LogP contribution in [0.25, 0.3) is 0 Å². The van der Waals surface area contributed by atoms with Crippen LogP contribution in [0.4, 0.5) is 10.2 Å². The van der Waals surface area contributed by atoms with Gasteiger partial charge >= 0.3 is 0 Å². The van der Waals surface area contributed by atoms with Gasteiger partial charge in [0.25, 0.3) is 5.91 Å². The normalized spacial score (nSPS) is 10.2. The molecule has 6 heteroatoms. The Hall–Kier alpha value is -2.50. The SMILES string of the molecule is CC(=O)C(=O)Nc1ccn(Cc2ccc(F)cc2)n1. The molecule has 0 saturated carbocycles. The van der Waals surface area contributed by atoms with Crippen molar-refractivity contribution in [1.29, 1.82) is 0 Å². The number of nitrogens with zero attached hydrogens (tertiary/aromatic N) is 2. The lowest BCUT2D eigenvalue weighted by molar-refractivity contribution is -0.133. The number of carbonyl (C=O) groups excluding carboxylic acids is 2. The number of anilines is 1. The summed E-state index contributed by atoms with van der Waals surface area (Å²) in [7, 11) is 0. The average Bonchev–Trinajstić information content (AvgIpc) is 2.79. The van der Waals surface area contributed by atoms with Crippen LogP contribution in [-0.4, -0.2) is 21.5 Å². The topological polar surface area (TPSA) is 64.0 Å². The Kier molecular flexibility index (Phi) is 3.70. The summed E-state index contributed by atoms with van der Waals surface area (Å²) in [6, 6.07) is 7.65. The van der Waals surface area contributed by atoms with Gasteiger partial charge in [0, 0.05) is 19.2 Å². The number of Topliss-reactive ketones (excluding diaryl/α,β-unsaturated/α-hetero) is 1. The zero-order valence-electron chi connectivity index (χ0n) is 10.3. The van der Waals surface area contributed by atoms with Crippen LogP contribution in [0.3, 0.4) is 0 Å². The fourth-order valence-electron chi connectivity index (χ4n) is 1.50. The predicted octanol–water partition coefficient (Wildman–Crippen LogP) is 1.60. The third kappa shape index (κ3) is 3.48. The molecule has 0 fully saturated rings. The van der Waals surface area contributed by atoms with Crippen molar-refractivity contribution in [3.63, 3.8) is 0 Å². The van der Waals surface area contributed by atoms with E-state index in [1.54, 1.807) is 29.1 Å². The van der Waals surface area contributed by atoms with Crippen LogP contribution >= 0.6 is 0 Å². The molecule has 0 aliphatic heterocycles. The summed E-state index contributed by atoms with van der Waals surface area (Å²) in [4.78, 5) is 22.0. The lowest BCUT2D eigenvalue weighted by Crippen LogP contribution is -2.20. The number of nitrogens with one attached hydrogen (secondary N) is 1. The molecular weight excluding hydrogens is 249 g/mol. The summed E-state index contributed by atoms with van der Waals surface area (Å²) in [5.74, 6) is -1.26. The van der Waals surface area contributed by atoms with E-state index in [1.807, 2.05) is 0 Å². The van der Waals surface area contributed by atoms with Crippen molar-refractivity contribution in [2.24, 2.45) is 0 Å². The molecule has 1 heterocycles. The minimum absolute atomic E-state index is 0.293. The maximum absolute atomic E-state index is 12.7. The van der Waals surface area contributed by atoms with E-state index in [9.17, 15) is 14.0 Å². The number of amides is 1. The Balaban J connectivity index is 2.03. The highest BCUT2D eigenvalue weighted by atomic mass is 19.1. The van der Waals surface area contributed by atoms with Gasteiger partial charge in [-0.2, -0.15) is 5.10 Å². The molecule has 0 atom stereocenters. The number of halogens is 1. The number of ketones is 1. The second kappa shape index (κ2) is 5.43. The van der Waals surface area contributed by atoms with Crippen LogP contribution in [0.5, 0.6) is 0 Å². The predicted molar refractivity (Wildman–Crippen MR) is 67.0 cm³/mol. The van der Waals surface area contributed by atoms with Crippen molar-refractivity contribution in [2.45, 2.75) is 13.5 Å². The highest BCUT2D eigenvalue weighted by molar-refractivity contribution is 6.39. The van der Waals surface area contributed by atoms with Gasteiger partial charge in [-0.05, 0) is 17.7 Å². The van der Waals surface area contributed by atoms with Gasteiger partial charge in [-0.1, -0.05) is 12.1 Å². The maximum atomic E-state index is 12.7. The van der Waals surface area contributed by atoms with E-state index in [-0.39, 0.29) is 5.82 Å². The first kappa shape index (κ1) is 12.9. The van der Waals surface area contributed by atoms with Gasteiger partial charge in [0.1, 0.15) is 5.82 Å². The molecule has 19 heavy (non-hydrogen) atoms. The average molecular weight is 261 g/mol. The Labute approximate surface area is 109 Å². The summed E-state index contributed by atoms with van der Waals surface area (Å²) >= 11 is 0. The summed E-state index contributed by atoms with van der Waals surface area (Å²) in [6.45, 7) is 1.64. The molecule has 2 aromatic rings. The number of hydrogen-bond donors (Lipinski definition) is 1. The molecule has 0 aliphatic rings. The molecule has 0 aliphatic carbocycles. The lowest BCUT2D eigenvalue weighted by atomic mass is 10.2. The molecule has 0 bridgehead atoms. The van der Waals surface area contributed by atoms with Crippen LogP contribution < -0.4 is 5.32 Å². The maximum Gasteiger partial charge on any atom is 0.292 e. The van der Waals surface area contributed by atoms with Crippen molar-refractivity contribution >= 4 is 17.5 Å². The first-order valence-electron chi connectivity index (χ1n) is 5.64. The van der Waals surface area contributed by atoms with Crippen molar-refractivity contribution < 1.29 is 14.0 Å². The monoisotopic (exact) mass is 261 g/mol. The molecule has 0 radical (unpaired) electrons. The van der Waals surface area contributed by atoms with Crippen molar-refractivity contribution in [3.8, 4) is 0 Å². The van der Waals surface area contributed by atoms with Crippen LogP contribution in [-0.2, 0) is 16.1 Å². The Morgan fingerprint density at radius 3 is 2.58 bits per heavy atom. The van der Waals surface area contributed by atoms with E-state index in [2.05, 4.69) is 10.4 Å². The molecule has 1 amide bonds. The first-order chi connectivity index (χ1) is 9.04. The van der Waals surface area contributed by atoms with E-state index < -0.39 is 11.7 Å². The fourth-order valence-corrected chi connectivity index (χ4v) is 1.50. The highest BCUT2D eigenvalue weighted by Crippen LogP contribution is 2.07. The van der Waals surface area contributed by atoms with Crippen LogP contribution in [0.1, 0.15) is 12.5 Å². The summed E-state index contributed by atoms with van der Waals surface area (Å²) in [5.41, 5.74) is 0.883. The molecule has 0 unspecified atom stereocenters. The van der Waals surface area contributed by atoms with E-state index in [0.29, 0.717) is 12.4 Å². The Morgan fingerprint density at radius 2 is 1.95 bits per heavy atom. The highest BCUT2D eigenvalue weighted by Gasteiger charge is 2.09. The minimum Gasteiger partial charge on any atom is -0.303 e. The molecule has 0 spiro atoms. The van der Waals surface area contributed by atoms with E-state index in [0.717, 1.165) is 5.56 Å². The zero-order chi connectivity index (χ0) is 13.8. The smallest absolute Gasteiger partial charge is 0.292 e. The number of aromatic nitrogens is 2. The number of rotatable bonds is 4. The van der Waals surface area contributed by atoms with Gasteiger partial charge in [0.15, 0.2) is 5.82 Å². The van der Waals surface area contributed by atoms with Crippen LogP contribution in [0.2, 0.25) is 0 Å². The van der Waals surface area contributed by atoms with E-state index in [4.69, 9.17) is 0 Å². The Bertz CT molecular complexity index is 605. The second-order valence-corrected chi connectivity index (χ2v) is 4.04. The summed E-state index contributed by atoms with van der Waals surface area (Å²) in [5, 5.41) is 6.47. The molecule has 1 N–H and O–H groups in total. The zero-order valence-corrected chi connectivity index (χ0v) is 10.3. The first-order valence-corrected chi connectivity index (χ1v) is 5.64. The standard InChI is InChI=1S/C13H12FN3O2/c1-9(18)13(19)15-12-6-7-17(16-12)8-10-2-4-11(14)5-3-10/h2-7H,8H2,1H3,(H,15,16,19). The molecule has 0 saturated heterocycles. The van der Waals surface area contributed by atoms with Gasteiger partial charge in [-0.25, -0.2) is 4.39 Å². The molecule has 2 rings (SSSR count). The van der Waals surface area contributed by atoms with E-state index >= 15 is 0 Å². The third-order valence-electron chi connectivity index (χ3n) is 2.46. The number of carbonyl (C=O) groups is 2. The van der Waals surface area contributed by atoms with Gasteiger partial charge in [-0.15, -0.1) is 0 Å². The van der Waals surface area contributed by atoms with Gasteiger partial charge in [-0.3, -0.25) is 14.3 Å². The molecule has 1 aromatic carbocycles. The quantitative estimate of drug-likeness (QED) is 0.850. The summed E-state index contributed by atoms with van der Waals surface area (Å²) < 4.78 is 14.3. The molecule has 1 aromatic heterocycles. The molecule has 98 valence electrons. The fraction of sp³-hybridized carbons (Fsp3) is 0.154.